The molecule has 136 valence electrons. The maximum absolute atomic E-state index is 14.0. The van der Waals surface area contributed by atoms with Crippen LogP contribution in [0.2, 0.25) is 4.34 Å². The Morgan fingerprint density at radius 2 is 2.23 bits per heavy atom. The maximum Gasteiger partial charge on any atom is 0.280 e. The van der Waals surface area contributed by atoms with Crippen LogP contribution in [-0.2, 0) is 0 Å². The lowest BCUT2D eigenvalue weighted by Crippen LogP contribution is -2.49. The van der Waals surface area contributed by atoms with Gasteiger partial charge in [-0.25, -0.2) is 18.3 Å². The van der Waals surface area contributed by atoms with Crippen LogP contribution >= 0.6 is 22.9 Å². The second-order valence-corrected chi connectivity index (χ2v) is 7.86. The summed E-state index contributed by atoms with van der Waals surface area (Å²) in [5, 5.41) is 6.72. The number of aromatic nitrogens is 3. The number of nitrogens with one attached hydrogen (secondary N) is 1. The molecule has 3 aromatic rings. The van der Waals surface area contributed by atoms with Gasteiger partial charge < -0.3 is 5.32 Å². The number of halogens is 3. The number of amides is 1. The first kappa shape index (κ1) is 17.4. The molecule has 26 heavy (non-hydrogen) atoms. The SMILES string of the molecule is O=C(NC1CCCCC1(F)F)c1nc(-c2cnn3ccccc23)c(Cl)s1. The minimum absolute atomic E-state index is 0.0710. The average molecular weight is 397 g/mol. The van der Waals surface area contributed by atoms with Gasteiger partial charge in [0, 0.05) is 18.2 Å². The van der Waals surface area contributed by atoms with E-state index in [9.17, 15) is 13.6 Å². The monoisotopic (exact) mass is 396 g/mol. The fourth-order valence-electron chi connectivity index (χ4n) is 3.17. The number of rotatable bonds is 3. The fourth-order valence-corrected chi connectivity index (χ4v) is 4.25. The molecule has 1 unspecified atom stereocenters. The normalized spacial score (nSPS) is 19.6. The van der Waals surface area contributed by atoms with Crippen molar-refractivity contribution in [3.63, 3.8) is 0 Å². The molecule has 0 aromatic carbocycles. The Labute approximate surface area is 157 Å². The number of thiazole rings is 1. The number of fused-ring (bicyclic) bond motifs is 1. The van der Waals surface area contributed by atoms with Crippen molar-refractivity contribution in [2.24, 2.45) is 0 Å². The number of hydrogen-bond acceptors (Lipinski definition) is 4. The van der Waals surface area contributed by atoms with Crippen molar-refractivity contribution in [1.82, 2.24) is 19.9 Å². The van der Waals surface area contributed by atoms with E-state index in [0.717, 1.165) is 16.9 Å². The lowest BCUT2D eigenvalue weighted by atomic mass is 9.91. The van der Waals surface area contributed by atoms with E-state index in [1.807, 2.05) is 18.2 Å². The maximum atomic E-state index is 14.0. The quantitative estimate of drug-likeness (QED) is 0.713. The van der Waals surface area contributed by atoms with Crippen LogP contribution < -0.4 is 5.32 Å². The largest absolute Gasteiger partial charge is 0.341 e. The van der Waals surface area contributed by atoms with Crippen molar-refractivity contribution in [1.29, 1.82) is 0 Å². The predicted molar refractivity (Wildman–Crippen MR) is 96.0 cm³/mol. The summed E-state index contributed by atoms with van der Waals surface area (Å²) in [6, 6.07) is 4.40. The molecule has 0 bridgehead atoms. The molecule has 0 aliphatic heterocycles. The molecular weight excluding hydrogens is 382 g/mol. The van der Waals surface area contributed by atoms with E-state index in [1.165, 1.54) is 0 Å². The van der Waals surface area contributed by atoms with Crippen LogP contribution in [0.1, 0.15) is 35.5 Å². The molecule has 1 aliphatic rings. The van der Waals surface area contributed by atoms with E-state index < -0.39 is 17.9 Å². The minimum atomic E-state index is -2.89. The number of pyridine rings is 1. The van der Waals surface area contributed by atoms with E-state index in [2.05, 4.69) is 15.4 Å². The van der Waals surface area contributed by atoms with Crippen molar-refractivity contribution in [2.45, 2.75) is 37.6 Å². The van der Waals surface area contributed by atoms with Gasteiger partial charge in [0.1, 0.15) is 10.0 Å². The van der Waals surface area contributed by atoms with Crippen LogP contribution in [0.25, 0.3) is 16.8 Å². The Morgan fingerprint density at radius 1 is 1.38 bits per heavy atom. The van der Waals surface area contributed by atoms with Gasteiger partial charge in [-0.05, 0) is 25.0 Å². The molecule has 0 radical (unpaired) electrons. The van der Waals surface area contributed by atoms with Gasteiger partial charge in [-0.15, -0.1) is 0 Å². The third-order valence-corrected chi connectivity index (χ3v) is 5.78. The molecule has 4 rings (SSSR count). The van der Waals surface area contributed by atoms with Crippen molar-refractivity contribution in [3.05, 3.63) is 39.9 Å². The first-order valence-electron chi connectivity index (χ1n) is 8.23. The summed E-state index contributed by atoms with van der Waals surface area (Å²) >= 11 is 7.25. The second-order valence-electron chi connectivity index (χ2n) is 6.26. The third-order valence-electron chi connectivity index (χ3n) is 4.53. The summed E-state index contributed by atoms with van der Waals surface area (Å²) in [5.74, 6) is -3.51. The van der Waals surface area contributed by atoms with Crippen molar-refractivity contribution < 1.29 is 13.6 Å². The van der Waals surface area contributed by atoms with Gasteiger partial charge in [0.15, 0.2) is 5.01 Å². The fraction of sp³-hybridized carbons (Fsp3) is 0.353. The lowest BCUT2D eigenvalue weighted by Gasteiger charge is -2.31. The third kappa shape index (κ3) is 3.07. The topological polar surface area (TPSA) is 59.3 Å². The van der Waals surface area contributed by atoms with Gasteiger partial charge in [-0.2, -0.15) is 5.10 Å². The number of nitrogens with zero attached hydrogens (tertiary/aromatic N) is 3. The standard InChI is InChI=1S/C17H15ClF2N4OS/c18-14-13(10-9-21-24-8-4-2-5-11(10)24)23-16(26-14)15(25)22-12-6-1-3-7-17(12,19)20/h2,4-5,8-9,12H,1,3,6-7H2,(H,22,25). The summed E-state index contributed by atoms with van der Waals surface area (Å²) < 4.78 is 29.9. The highest BCUT2D eigenvalue weighted by Crippen LogP contribution is 2.36. The van der Waals surface area contributed by atoms with Crippen molar-refractivity contribution >= 4 is 34.4 Å². The van der Waals surface area contributed by atoms with Crippen LogP contribution in [0.5, 0.6) is 0 Å². The zero-order valence-corrected chi connectivity index (χ0v) is 15.2. The Hall–Kier alpha value is -2.06. The average Bonchev–Trinajstić information content (AvgIpc) is 3.20. The van der Waals surface area contributed by atoms with E-state index in [4.69, 9.17) is 11.6 Å². The molecule has 1 aliphatic carbocycles. The van der Waals surface area contributed by atoms with E-state index in [-0.39, 0.29) is 17.8 Å². The number of hydrogen-bond donors (Lipinski definition) is 1. The van der Waals surface area contributed by atoms with Crippen LogP contribution in [0.3, 0.4) is 0 Å². The molecule has 0 saturated heterocycles. The molecule has 3 aromatic heterocycles. The highest BCUT2D eigenvalue weighted by molar-refractivity contribution is 7.18. The Balaban J connectivity index is 1.61. The Kier molecular flexibility index (Phi) is 4.40. The summed E-state index contributed by atoms with van der Waals surface area (Å²) in [7, 11) is 0. The molecule has 1 N–H and O–H groups in total. The van der Waals surface area contributed by atoms with Crippen LogP contribution in [0.4, 0.5) is 8.78 Å². The smallest absolute Gasteiger partial charge is 0.280 e. The van der Waals surface area contributed by atoms with Crippen LogP contribution in [0, 0.1) is 0 Å². The van der Waals surface area contributed by atoms with Crippen molar-refractivity contribution in [2.75, 3.05) is 0 Å². The first-order chi connectivity index (χ1) is 12.5. The molecule has 1 fully saturated rings. The van der Waals surface area contributed by atoms with Gasteiger partial charge in [-0.3, -0.25) is 4.79 Å². The minimum Gasteiger partial charge on any atom is -0.341 e. The summed E-state index contributed by atoms with van der Waals surface area (Å²) in [6.45, 7) is 0. The zero-order valence-electron chi connectivity index (χ0n) is 13.6. The molecule has 1 saturated carbocycles. The highest BCUT2D eigenvalue weighted by atomic mass is 35.5. The predicted octanol–water partition coefficient (Wildman–Crippen LogP) is 4.42. The summed E-state index contributed by atoms with van der Waals surface area (Å²) in [5.41, 5.74) is 1.91. The molecule has 5 nitrogen and oxygen atoms in total. The zero-order chi connectivity index (χ0) is 18.3. The number of carbonyl (C=O) groups excluding carboxylic acids is 1. The lowest BCUT2D eigenvalue weighted by molar-refractivity contribution is -0.0609. The second kappa shape index (κ2) is 6.59. The molecule has 1 atom stereocenters. The van der Waals surface area contributed by atoms with E-state index in [1.54, 1.807) is 16.9 Å². The highest BCUT2D eigenvalue weighted by Gasteiger charge is 2.42. The molecule has 3 heterocycles. The molecule has 9 heteroatoms. The summed E-state index contributed by atoms with van der Waals surface area (Å²) in [4.78, 5) is 16.7. The van der Waals surface area contributed by atoms with Crippen LogP contribution in [0.15, 0.2) is 30.6 Å². The Bertz CT molecular complexity index is 971. The Morgan fingerprint density at radius 3 is 3.04 bits per heavy atom. The van der Waals surface area contributed by atoms with Gasteiger partial charge in [0.2, 0.25) is 0 Å². The molecule has 1 amide bonds. The van der Waals surface area contributed by atoms with E-state index >= 15 is 0 Å². The summed E-state index contributed by atoms with van der Waals surface area (Å²) in [6.07, 6.45) is 4.61. The van der Waals surface area contributed by atoms with E-state index in [0.29, 0.717) is 28.4 Å². The number of carbonyl (C=O) groups is 1. The van der Waals surface area contributed by atoms with Crippen LogP contribution in [-0.4, -0.2) is 32.5 Å². The van der Waals surface area contributed by atoms with Gasteiger partial charge in [-0.1, -0.05) is 35.4 Å². The van der Waals surface area contributed by atoms with Crippen molar-refractivity contribution in [3.8, 4) is 11.3 Å². The van der Waals surface area contributed by atoms with Gasteiger partial charge in [0.25, 0.3) is 11.8 Å². The van der Waals surface area contributed by atoms with Gasteiger partial charge in [0.05, 0.1) is 17.8 Å². The number of alkyl halides is 2. The molecule has 0 spiro atoms. The molecular formula is C17H15ClF2N4OS. The van der Waals surface area contributed by atoms with Gasteiger partial charge >= 0.3 is 0 Å². The first-order valence-corrected chi connectivity index (χ1v) is 9.43.